The van der Waals surface area contributed by atoms with Crippen molar-refractivity contribution in [3.05, 3.63) is 82.3 Å². The van der Waals surface area contributed by atoms with Gasteiger partial charge in [-0.1, -0.05) is 47.5 Å². The van der Waals surface area contributed by atoms with Gasteiger partial charge in [-0.05, 0) is 42.0 Å². The number of hydrogen-bond acceptors (Lipinski definition) is 4. The molecule has 0 aliphatic carbocycles. The van der Waals surface area contributed by atoms with Gasteiger partial charge in [0.2, 0.25) is 6.35 Å². The van der Waals surface area contributed by atoms with Gasteiger partial charge in [0.25, 0.3) is 5.91 Å². The van der Waals surface area contributed by atoms with Gasteiger partial charge in [0.15, 0.2) is 0 Å². The van der Waals surface area contributed by atoms with Crippen molar-refractivity contribution < 1.29 is 14.6 Å². The van der Waals surface area contributed by atoms with Gasteiger partial charge in [-0.15, -0.1) is 0 Å². The molecule has 0 fully saturated rings. The molecule has 3 aromatic rings. The quantitative estimate of drug-likeness (QED) is 0.505. The Balaban J connectivity index is 1.72. The van der Waals surface area contributed by atoms with Crippen molar-refractivity contribution in [3.63, 3.8) is 0 Å². The summed E-state index contributed by atoms with van der Waals surface area (Å²) < 4.78 is 5.46. The predicted octanol–water partition coefficient (Wildman–Crippen LogP) is 4.79. The summed E-state index contributed by atoms with van der Waals surface area (Å²) >= 11 is 11.9. The number of aliphatic hydroxyl groups excluding tert-OH is 1. The number of methoxy groups -OCH3 is 1. The fraction of sp³-hybridized carbons (Fsp3) is 0.0952. The first kappa shape index (κ1) is 20.0. The molecule has 3 rings (SSSR count). The van der Waals surface area contributed by atoms with E-state index in [-0.39, 0.29) is 5.56 Å². The normalized spacial score (nSPS) is 11.6. The van der Waals surface area contributed by atoms with Crippen LogP contribution in [0.1, 0.15) is 10.4 Å². The molecule has 1 atom stereocenters. The van der Waals surface area contributed by atoms with E-state index in [1.165, 1.54) is 0 Å². The van der Waals surface area contributed by atoms with Crippen LogP contribution in [-0.4, -0.2) is 24.5 Å². The van der Waals surface area contributed by atoms with Crippen LogP contribution in [-0.2, 0) is 0 Å². The molecule has 1 amide bonds. The zero-order valence-corrected chi connectivity index (χ0v) is 16.5. The average molecular weight is 417 g/mol. The fourth-order valence-electron chi connectivity index (χ4n) is 2.69. The maximum absolute atomic E-state index is 12.2. The Hall–Kier alpha value is -2.73. The Kier molecular flexibility index (Phi) is 6.41. The molecule has 3 N–H and O–H groups in total. The van der Waals surface area contributed by atoms with Crippen molar-refractivity contribution in [2.75, 3.05) is 12.4 Å². The van der Waals surface area contributed by atoms with Crippen molar-refractivity contribution in [3.8, 4) is 16.9 Å². The molecule has 0 radical (unpaired) electrons. The van der Waals surface area contributed by atoms with E-state index in [0.29, 0.717) is 21.5 Å². The molecule has 0 aliphatic rings. The van der Waals surface area contributed by atoms with E-state index in [2.05, 4.69) is 10.6 Å². The molecule has 1 unspecified atom stereocenters. The molecule has 3 aromatic carbocycles. The SMILES string of the molecule is COc1cc(NC(O)NC(=O)c2ccccc2Cl)ccc1-c1ccc(Cl)cc1. The van der Waals surface area contributed by atoms with Crippen LogP contribution in [0.25, 0.3) is 11.1 Å². The highest BCUT2D eigenvalue weighted by atomic mass is 35.5. The van der Waals surface area contributed by atoms with Crippen LogP contribution in [0.15, 0.2) is 66.7 Å². The van der Waals surface area contributed by atoms with Crippen molar-refractivity contribution in [1.29, 1.82) is 0 Å². The molecule has 0 saturated heterocycles. The van der Waals surface area contributed by atoms with E-state index in [1.807, 2.05) is 18.2 Å². The molecule has 7 heteroatoms. The lowest BCUT2D eigenvalue weighted by Crippen LogP contribution is -2.40. The van der Waals surface area contributed by atoms with Crippen molar-refractivity contribution in [2.45, 2.75) is 6.35 Å². The van der Waals surface area contributed by atoms with Gasteiger partial charge in [-0.25, -0.2) is 0 Å². The van der Waals surface area contributed by atoms with Crippen molar-refractivity contribution >= 4 is 34.8 Å². The van der Waals surface area contributed by atoms with E-state index in [9.17, 15) is 9.90 Å². The third kappa shape index (κ3) is 4.75. The molecule has 0 saturated carbocycles. The second-order valence-electron chi connectivity index (χ2n) is 5.92. The van der Waals surface area contributed by atoms with Crippen molar-refractivity contribution in [2.24, 2.45) is 0 Å². The number of amides is 1. The maximum Gasteiger partial charge on any atom is 0.256 e. The molecule has 0 spiro atoms. The van der Waals surface area contributed by atoms with Crippen LogP contribution in [0.2, 0.25) is 10.0 Å². The molecule has 0 aromatic heterocycles. The summed E-state index contributed by atoms with van der Waals surface area (Å²) in [7, 11) is 1.56. The Labute approximate surface area is 172 Å². The monoisotopic (exact) mass is 416 g/mol. The Morgan fingerprint density at radius 2 is 1.75 bits per heavy atom. The Morgan fingerprint density at radius 3 is 2.43 bits per heavy atom. The Morgan fingerprint density at radius 1 is 1.04 bits per heavy atom. The lowest BCUT2D eigenvalue weighted by atomic mass is 10.0. The van der Waals surface area contributed by atoms with Crippen LogP contribution in [0.5, 0.6) is 5.75 Å². The minimum atomic E-state index is -1.31. The number of nitrogens with one attached hydrogen (secondary N) is 2. The third-order valence-electron chi connectivity index (χ3n) is 4.05. The highest BCUT2D eigenvalue weighted by Crippen LogP contribution is 2.33. The van der Waals surface area contributed by atoms with Crippen LogP contribution < -0.4 is 15.4 Å². The number of benzene rings is 3. The molecule has 5 nitrogen and oxygen atoms in total. The standard InChI is InChI=1S/C21H18Cl2N2O3/c1-28-19-12-15(10-11-16(19)13-6-8-14(22)9-7-13)24-21(27)25-20(26)17-4-2-3-5-18(17)23/h2-12,21,24,27H,1H3,(H,25,26). The summed E-state index contributed by atoms with van der Waals surface area (Å²) in [6.45, 7) is 0. The predicted molar refractivity (Wildman–Crippen MR) is 112 cm³/mol. The highest BCUT2D eigenvalue weighted by Gasteiger charge is 2.14. The Bertz CT molecular complexity index is 978. The summed E-state index contributed by atoms with van der Waals surface area (Å²) in [5, 5.41) is 16.4. The molecule has 144 valence electrons. The summed E-state index contributed by atoms with van der Waals surface area (Å²) in [5.74, 6) is 0.118. The van der Waals surface area contributed by atoms with Crippen LogP contribution in [0.3, 0.4) is 0 Å². The first-order valence-electron chi connectivity index (χ1n) is 8.42. The third-order valence-corrected chi connectivity index (χ3v) is 4.63. The van der Waals surface area contributed by atoms with Crippen LogP contribution in [0, 0.1) is 0 Å². The van der Waals surface area contributed by atoms with Gasteiger partial charge in [-0.2, -0.15) is 0 Å². The first-order chi connectivity index (χ1) is 13.5. The molecule has 0 heterocycles. The summed E-state index contributed by atoms with van der Waals surface area (Å²) in [6.07, 6.45) is -1.31. The number of anilines is 1. The lowest BCUT2D eigenvalue weighted by molar-refractivity contribution is 0.0831. The number of ether oxygens (including phenoxy) is 1. The molecule has 28 heavy (non-hydrogen) atoms. The minimum absolute atomic E-state index is 0.278. The zero-order valence-electron chi connectivity index (χ0n) is 14.9. The highest BCUT2D eigenvalue weighted by molar-refractivity contribution is 6.33. The van der Waals surface area contributed by atoms with Gasteiger partial charge in [0.05, 0.1) is 17.7 Å². The van der Waals surface area contributed by atoms with E-state index in [0.717, 1.165) is 11.1 Å². The largest absolute Gasteiger partial charge is 0.496 e. The number of halogens is 2. The second-order valence-corrected chi connectivity index (χ2v) is 6.77. The van der Waals surface area contributed by atoms with Gasteiger partial charge >= 0.3 is 0 Å². The number of carbonyl (C=O) groups is 1. The average Bonchev–Trinajstić information content (AvgIpc) is 2.68. The number of rotatable bonds is 6. The zero-order chi connectivity index (χ0) is 20.1. The molecular formula is C21H18Cl2N2O3. The van der Waals surface area contributed by atoms with E-state index in [1.54, 1.807) is 55.6 Å². The van der Waals surface area contributed by atoms with Gasteiger partial charge < -0.3 is 20.5 Å². The van der Waals surface area contributed by atoms with Crippen LogP contribution in [0.4, 0.5) is 5.69 Å². The second kappa shape index (κ2) is 8.97. The van der Waals surface area contributed by atoms with Gasteiger partial charge in [0.1, 0.15) is 5.75 Å². The fourth-order valence-corrected chi connectivity index (χ4v) is 3.04. The van der Waals surface area contributed by atoms with Crippen molar-refractivity contribution in [1.82, 2.24) is 5.32 Å². The number of carbonyl (C=O) groups excluding carboxylic acids is 1. The van der Waals surface area contributed by atoms with Gasteiger partial charge in [-0.3, -0.25) is 4.79 Å². The summed E-state index contributed by atoms with van der Waals surface area (Å²) in [4.78, 5) is 12.2. The summed E-state index contributed by atoms with van der Waals surface area (Å²) in [6, 6.07) is 19.4. The number of hydrogen-bond donors (Lipinski definition) is 3. The minimum Gasteiger partial charge on any atom is -0.496 e. The number of aliphatic hydroxyl groups is 1. The van der Waals surface area contributed by atoms with Gasteiger partial charge in [0, 0.05) is 22.3 Å². The van der Waals surface area contributed by atoms with E-state index in [4.69, 9.17) is 27.9 Å². The molecular weight excluding hydrogens is 399 g/mol. The topological polar surface area (TPSA) is 70.6 Å². The maximum atomic E-state index is 12.2. The van der Waals surface area contributed by atoms with E-state index < -0.39 is 12.3 Å². The smallest absolute Gasteiger partial charge is 0.256 e. The molecule has 0 bridgehead atoms. The summed E-state index contributed by atoms with van der Waals surface area (Å²) in [5.41, 5.74) is 2.67. The first-order valence-corrected chi connectivity index (χ1v) is 9.17. The van der Waals surface area contributed by atoms with E-state index >= 15 is 0 Å². The molecule has 0 aliphatic heterocycles. The van der Waals surface area contributed by atoms with Crippen LogP contribution >= 0.6 is 23.2 Å². The lowest BCUT2D eigenvalue weighted by Gasteiger charge is -2.18.